The Morgan fingerprint density at radius 1 is 1.19 bits per heavy atom. The van der Waals surface area contributed by atoms with Gasteiger partial charge in [-0.1, -0.05) is 34.8 Å². The molecule has 0 bridgehead atoms. The van der Waals surface area contributed by atoms with Crippen molar-refractivity contribution in [3.8, 4) is 0 Å². The molecule has 0 saturated heterocycles. The van der Waals surface area contributed by atoms with Crippen molar-refractivity contribution < 1.29 is 17.7 Å². The Balaban J connectivity index is 2.51. The fraction of sp³-hybridized carbons (Fsp3) is 0.250. The Hall–Kier alpha value is -1.19. The van der Waals surface area contributed by atoms with Gasteiger partial charge < -0.3 is 9.45 Å². The van der Waals surface area contributed by atoms with Crippen LogP contribution in [0.2, 0.25) is 15.2 Å². The van der Waals surface area contributed by atoms with Crippen molar-refractivity contribution in [2.24, 2.45) is 4.99 Å². The summed E-state index contributed by atoms with van der Waals surface area (Å²) in [5, 5.41) is 0.279. The molecule has 0 aliphatic rings. The molecule has 0 fully saturated rings. The number of aromatic nitrogens is 1. The summed E-state index contributed by atoms with van der Waals surface area (Å²) in [5.74, 6) is -1.09. The number of nitrogens with zero attached hydrogens (tertiary/aromatic N) is 3. The summed E-state index contributed by atoms with van der Waals surface area (Å²) in [4.78, 5) is 9.85. The molecular weight excluding hydrogens is 446 g/mol. The van der Waals surface area contributed by atoms with E-state index in [4.69, 9.17) is 34.8 Å². The highest BCUT2D eigenvalue weighted by Crippen LogP contribution is 2.36. The first-order chi connectivity index (χ1) is 12.5. The van der Waals surface area contributed by atoms with Gasteiger partial charge >= 0.3 is 6.18 Å². The van der Waals surface area contributed by atoms with Crippen molar-refractivity contribution in [3.05, 3.63) is 51.2 Å². The summed E-state index contributed by atoms with van der Waals surface area (Å²) in [6.07, 6.45) is -3.10. The maximum absolute atomic E-state index is 12.6. The van der Waals surface area contributed by atoms with Gasteiger partial charge in [-0.3, -0.25) is 0 Å². The molecule has 0 saturated carbocycles. The Bertz CT molecular complexity index is 845. The van der Waals surface area contributed by atoms with Gasteiger partial charge in [0.2, 0.25) is 5.75 Å². The first-order valence-electron chi connectivity index (χ1n) is 7.30. The molecule has 0 amide bonds. The number of hydrogen-bond donors (Lipinski definition) is 0. The summed E-state index contributed by atoms with van der Waals surface area (Å²) in [6.45, 7) is 0. The number of amidine groups is 1. The molecule has 4 nitrogen and oxygen atoms in total. The minimum absolute atomic E-state index is 0.106. The van der Waals surface area contributed by atoms with Gasteiger partial charge in [0, 0.05) is 31.9 Å². The van der Waals surface area contributed by atoms with E-state index >= 15 is 0 Å². The summed E-state index contributed by atoms with van der Waals surface area (Å²) in [6, 6.07) is 5.67. The van der Waals surface area contributed by atoms with Crippen LogP contribution in [0, 0.1) is 0 Å². The Morgan fingerprint density at radius 3 is 2.37 bits per heavy atom. The predicted octanol–water partition coefficient (Wildman–Crippen LogP) is 5.35. The molecule has 0 radical (unpaired) electrons. The topological polar surface area (TPSA) is 51.5 Å². The number of hydrogen-bond acceptors (Lipinski definition) is 3. The molecule has 27 heavy (non-hydrogen) atoms. The average Bonchev–Trinajstić information content (AvgIpc) is 2.53. The highest BCUT2D eigenvalue weighted by Gasteiger charge is 2.36. The number of rotatable bonds is 4. The first kappa shape index (κ1) is 22.1. The van der Waals surface area contributed by atoms with Crippen molar-refractivity contribution in [2.45, 2.75) is 11.1 Å². The summed E-state index contributed by atoms with van der Waals surface area (Å²) < 4.78 is 49.7. The van der Waals surface area contributed by atoms with Crippen LogP contribution in [0.1, 0.15) is 5.56 Å². The molecule has 11 heteroatoms. The highest BCUT2D eigenvalue weighted by atomic mass is 35.5. The molecule has 1 aromatic carbocycles. The molecule has 0 aliphatic carbocycles. The van der Waals surface area contributed by atoms with Gasteiger partial charge in [-0.2, -0.15) is 13.2 Å². The summed E-state index contributed by atoms with van der Waals surface area (Å²) >= 11 is 15.5. The molecule has 146 valence electrons. The lowest BCUT2D eigenvalue weighted by Gasteiger charge is -2.17. The minimum Gasteiger partial charge on any atom is -0.611 e. The number of halogens is 6. The van der Waals surface area contributed by atoms with E-state index in [1.807, 2.05) is 0 Å². The van der Waals surface area contributed by atoms with E-state index in [1.54, 1.807) is 31.1 Å². The zero-order valence-electron chi connectivity index (χ0n) is 14.0. The van der Waals surface area contributed by atoms with E-state index in [-0.39, 0.29) is 20.6 Å². The van der Waals surface area contributed by atoms with Crippen LogP contribution in [0.25, 0.3) is 0 Å². The standard InChI is InChI=1S/C16H13Cl3F3N3OS/c1-25(2)15(9-3-4-14(19)23-7-9)24-12-6-13(11(18)5-10(12)17)27(26)8-16(20,21)22/h3-7H,8H2,1-2H3/b24-15-. The molecular formula is C16H13Cl3F3N3OS. The third-order valence-corrected chi connectivity index (χ3v) is 5.55. The smallest absolute Gasteiger partial charge is 0.433 e. The molecule has 0 aliphatic heterocycles. The molecule has 1 atom stereocenters. The van der Waals surface area contributed by atoms with Crippen LogP contribution < -0.4 is 0 Å². The van der Waals surface area contributed by atoms with Gasteiger partial charge in [-0.25, -0.2) is 9.98 Å². The largest absolute Gasteiger partial charge is 0.611 e. The molecule has 2 aromatic rings. The van der Waals surface area contributed by atoms with Crippen LogP contribution in [-0.2, 0) is 11.2 Å². The van der Waals surface area contributed by atoms with Crippen LogP contribution >= 0.6 is 34.8 Å². The zero-order chi connectivity index (χ0) is 20.4. The van der Waals surface area contributed by atoms with Crippen molar-refractivity contribution in [1.29, 1.82) is 0 Å². The lowest BCUT2D eigenvalue weighted by atomic mass is 10.2. The monoisotopic (exact) mass is 457 g/mol. The average molecular weight is 459 g/mol. The van der Waals surface area contributed by atoms with Crippen LogP contribution in [0.3, 0.4) is 0 Å². The van der Waals surface area contributed by atoms with E-state index in [9.17, 15) is 17.7 Å². The van der Waals surface area contributed by atoms with Crippen LogP contribution in [0.4, 0.5) is 18.9 Å². The normalized spacial score (nSPS) is 13.6. The maximum atomic E-state index is 12.6. The third kappa shape index (κ3) is 6.15. The van der Waals surface area contributed by atoms with Gasteiger partial charge in [0.05, 0.1) is 15.7 Å². The Labute approximate surface area is 172 Å². The van der Waals surface area contributed by atoms with Crippen molar-refractivity contribution in [2.75, 3.05) is 19.8 Å². The summed E-state index contributed by atoms with van der Waals surface area (Å²) in [5.41, 5.74) is 0.735. The van der Waals surface area contributed by atoms with Crippen LogP contribution in [0.15, 0.2) is 40.4 Å². The first-order valence-corrected chi connectivity index (χ1v) is 9.75. The Kier molecular flexibility index (Phi) is 7.27. The summed E-state index contributed by atoms with van der Waals surface area (Å²) in [7, 11) is 3.44. The molecule has 1 unspecified atom stereocenters. The molecule has 2 rings (SSSR count). The van der Waals surface area contributed by atoms with Gasteiger partial charge in [-0.05, 0) is 29.4 Å². The van der Waals surface area contributed by atoms with Gasteiger partial charge in [0.25, 0.3) is 0 Å². The number of benzene rings is 1. The molecule has 1 heterocycles. The molecule has 0 spiro atoms. The third-order valence-electron chi connectivity index (χ3n) is 3.18. The fourth-order valence-corrected chi connectivity index (χ4v) is 3.82. The second kappa shape index (κ2) is 8.87. The van der Waals surface area contributed by atoms with Crippen molar-refractivity contribution in [1.82, 2.24) is 9.88 Å². The SMILES string of the molecule is CN(C)/C(=N\c1cc([S+]([O-])CC(F)(F)F)c(Cl)cc1Cl)c1ccc(Cl)nc1. The number of aliphatic imine (C=N–C) groups is 1. The van der Waals surface area contributed by atoms with Crippen molar-refractivity contribution in [3.63, 3.8) is 0 Å². The van der Waals surface area contributed by atoms with E-state index in [0.717, 1.165) is 0 Å². The second-order valence-electron chi connectivity index (χ2n) is 5.54. The quantitative estimate of drug-likeness (QED) is 0.268. The van der Waals surface area contributed by atoms with Crippen molar-refractivity contribution >= 4 is 57.5 Å². The van der Waals surface area contributed by atoms with E-state index < -0.39 is 23.1 Å². The zero-order valence-corrected chi connectivity index (χ0v) is 17.1. The maximum Gasteiger partial charge on any atom is 0.433 e. The predicted molar refractivity (Wildman–Crippen MR) is 103 cm³/mol. The minimum atomic E-state index is -4.60. The Morgan fingerprint density at radius 2 is 1.85 bits per heavy atom. The van der Waals surface area contributed by atoms with Gasteiger partial charge in [0.1, 0.15) is 11.0 Å². The lowest BCUT2D eigenvalue weighted by molar-refractivity contribution is -0.106. The van der Waals surface area contributed by atoms with Gasteiger partial charge in [-0.15, -0.1) is 0 Å². The number of alkyl halides is 3. The van der Waals surface area contributed by atoms with E-state index in [0.29, 0.717) is 16.6 Å². The van der Waals surface area contributed by atoms with Gasteiger partial charge in [0.15, 0.2) is 4.90 Å². The van der Waals surface area contributed by atoms with E-state index in [2.05, 4.69) is 9.98 Å². The molecule has 0 N–H and O–H groups in total. The second-order valence-corrected chi connectivity index (χ2v) is 8.16. The lowest BCUT2D eigenvalue weighted by Crippen LogP contribution is -2.23. The van der Waals surface area contributed by atoms with E-state index in [1.165, 1.54) is 18.3 Å². The van der Waals surface area contributed by atoms with Crippen LogP contribution in [-0.4, -0.2) is 46.3 Å². The fourth-order valence-electron chi connectivity index (χ4n) is 2.05. The molecule has 1 aromatic heterocycles. The van der Waals surface area contributed by atoms with Crippen LogP contribution in [0.5, 0.6) is 0 Å². The number of pyridine rings is 1. The highest BCUT2D eigenvalue weighted by molar-refractivity contribution is 7.91.